The third kappa shape index (κ3) is 3.02. The van der Waals surface area contributed by atoms with Crippen molar-refractivity contribution in [2.24, 2.45) is 12.8 Å². The summed E-state index contributed by atoms with van der Waals surface area (Å²) < 4.78 is 13.3. The number of carbonyl (C=O) groups excluding carboxylic acids is 1. The molecule has 1 atom stereocenters. The zero-order valence-electron chi connectivity index (χ0n) is 15.2. The molecule has 27 heavy (non-hydrogen) atoms. The van der Waals surface area contributed by atoms with Gasteiger partial charge in [0.15, 0.2) is 0 Å². The summed E-state index contributed by atoms with van der Waals surface area (Å²) >= 11 is 0. The summed E-state index contributed by atoms with van der Waals surface area (Å²) in [5.41, 5.74) is 8.23. The molecule has 1 aliphatic heterocycles. The Hall–Kier alpha value is -2.97. The number of hydrogen-bond acceptors (Lipinski definition) is 5. The number of nitrogens with zero attached hydrogens (tertiary/aromatic N) is 3. The first-order valence-corrected chi connectivity index (χ1v) is 8.65. The number of pyridine rings is 2. The molecular weight excluding hydrogens is 346 g/mol. The van der Waals surface area contributed by atoms with Crippen LogP contribution in [-0.2, 0) is 22.1 Å². The number of rotatable bonds is 4. The van der Waals surface area contributed by atoms with Crippen LogP contribution in [0.3, 0.4) is 0 Å². The number of primary amides is 1. The van der Waals surface area contributed by atoms with Crippen LogP contribution in [0, 0.1) is 0 Å². The summed E-state index contributed by atoms with van der Waals surface area (Å²) in [7, 11) is 3.63. The highest BCUT2D eigenvalue weighted by atomic mass is 16.5. The molecule has 3 aromatic heterocycles. The lowest BCUT2D eigenvalue weighted by Crippen LogP contribution is -2.30. The standard InChI is InChI=1S/C19H21N5O3/c1-24-10-13(12-8-17(23-18(20)25)21-9-15(12)24)14-4-3-5-16(22-14)19(26-2)6-7-27-11-19/h3-5,8-10H,6-7,11H2,1-2H3,(H3,20,21,23,25). The number of aryl methyl sites for hydroxylation is 1. The second-order valence-corrected chi connectivity index (χ2v) is 6.64. The Bertz CT molecular complexity index is 1010. The van der Waals surface area contributed by atoms with Crippen LogP contribution in [0.1, 0.15) is 12.1 Å². The van der Waals surface area contributed by atoms with Crippen LogP contribution >= 0.6 is 0 Å². The van der Waals surface area contributed by atoms with Gasteiger partial charge in [-0.25, -0.2) is 14.8 Å². The first-order valence-electron chi connectivity index (χ1n) is 8.65. The molecule has 8 nitrogen and oxygen atoms in total. The van der Waals surface area contributed by atoms with Gasteiger partial charge >= 0.3 is 6.03 Å². The topological polar surface area (TPSA) is 104 Å². The summed E-state index contributed by atoms with van der Waals surface area (Å²) in [5, 5.41) is 3.44. The first-order chi connectivity index (χ1) is 13.0. The molecule has 2 amide bonds. The van der Waals surface area contributed by atoms with Crippen molar-refractivity contribution in [3.8, 4) is 11.3 Å². The van der Waals surface area contributed by atoms with Gasteiger partial charge in [-0.3, -0.25) is 5.32 Å². The lowest BCUT2D eigenvalue weighted by molar-refractivity contribution is -0.0245. The van der Waals surface area contributed by atoms with Crippen molar-refractivity contribution >= 4 is 22.8 Å². The zero-order chi connectivity index (χ0) is 19.0. The number of aromatic nitrogens is 3. The van der Waals surface area contributed by atoms with Crippen molar-refractivity contribution < 1.29 is 14.3 Å². The summed E-state index contributed by atoms with van der Waals surface area (Å²) in [6, 6.07) is 7.05. The third-order valence-electron chi connectivity index (χ3n) is 5.00. The maximum atomic E-state index is 11.2. The molecule has 0 radical (unpaired) electrons. The van der Waals surface area contributed by atoms with Gasteiger partial charge in [0.05, 0.1) is 29.7 Å². The van der Waals surface area contributed by atoms with E-state index >= 15 is 0 Å². The number of methoxy groups -OCH3 is 1. The summed E-state index contributed by atoms with van der Waals surface area (Å²) in [6.07, 6.45) is 4.47. The van der Waals surface area contributed by atoms with E-state index < -0.39 is 11.6 Å². The molecule has 4 rings (SSSR count). The molecule has 4 heterocycles. The molecule has 140 valence electrons. The third-order valence-corrected chi connectivity index (χ3v) is 5.00. The Morgan fingerprint density at radius 1 is 1.44 bits per heavy atom. The zero-order valence-corrected chi connectivity index (χ0v) is 15.2. The summed E-state index contributed by atoms with van der Waals surface area (Å²) in [4.78, 5) is 20.3. The Kier molecular flexibility index (Phi) is 4.29. The van der Waals surface area contributed by atoms with Gasteiger partial charge in [-0.05, 0) is 18.2 Å². The van der Waals surface area contributed by atoms with Gasteiger partial charge in [0, 0.05) is 44.3 Å². The normalized spacial score (nSPS) is 19.5. The molecule has 0 saturated carbocycles. The quantitative estimate of drug-likeness (QED) is 0.737. The number of amides is 2. The van der Waals surface area contributed by atoms with Crippen LogP contribution in [0.15, 0.2) is 36.7 Å². The van der Waals surface area contributed by atoms with Crippen molar-refractivity contribution in [3.05, 3.63) is 42.4 Å². The van der Waals surface area contributed by atoms with Crippen LogP contribution in [0.2, 0.25) is 0 Å². The highest BCUT2D eigenvalue weighted by Crippen LogP contribution is 2.35. The number of urea groups is 1. The maximum absolute atomic E-state index is 11.2. The molecule has 3 N–H and O–H groups in total. The average molecular weight is 367 g/mol. The van der Waals surface area contributed by atoms with Gasteiger partial charge in [-0.1, -0.05) is 6.07 Å². The van der Waals surface area contributed by atoms with Gasteiger partial charge in [0.1, 0.15) is 11.4 Å². The van der Waals surface area contributed by atoms with Crippen molar-refractivity contribution in [2.45, 2.75) is 12.0 Å². The van der Waals surface area contributed by atoms with E-state index in [0.717, 1.165) is 34.3 Å². The van der Waals surface area contributed by atoms with E-state index in [1.807, 2.05) is 36.0 Å². The van der Waals surface area contributed by atoms with Crippen LogP contribution < -0.4 is 11.1 Å². The van der Waals surface area contributed by atoms with Crippen LogP contribution in [0.25, 0.3) is 22.2 Å². The first kappa shape index (κ1) is 17.4. The fourth-order valence-electron chi connectivity index (χ4n) is 3.53. The monoisotopic (exact) mass is 367 g/mol. The fourth-order valence-corrected chi connectivity index (χ4v) is 3.53. The second-order valence-electron chi connectivity index (χ2n) is 6.64. The van der Waals surface area contributed by atoms with E-state index in [9.17, 15) is 4.79 Å². The van der Waals surface area contributed by atoms with E-state index in [1.54, 1.807) is 19.4 Å². The molecule has 1 fully saturated rings. The predicted octanol–water partition coefficient (Wildman–Crippen LogP) is 2.39. The molecule has 0 aliphatic carbocycles. The van der Waals surface area contributed by atoms with E-state index in [0.29, 0.717) is 19.0 Å². The fraction of sp³-hybridized carbons (Fsp3) is 0.316. The Morgan fingerprint density at radius 2 is 2.30 bits per heavy atom. The van der Waals surface area contributed by atoms with Crippen molar-refractivity contribution in [3.63, 3.8) is 0 Å². The van der Waals surface area contributed by atoms with Gasteiger partial charge in [0.25, 0.3) is 0 Å². The van der Waals surface area contributed by atoms with E-state index in [-0.39, 0.29) is 0 Å². The summed E-state index contributed by atoms with van der Waals surface area (Å²) in [6.45, 7) is 1.15. The lowest BCUT2D eigenvalue weighted by Gasteiger charge is -2.25. The van der Waals surface area contributed by atoms with Crippen molar-refractivity contribution in [2.75, 3.05) is 25.6 Å². The highest BCUT2D eigenvalue weighted by Gasteiger charge is 2.38. The Morgan fingerprint density at radius 3 is 3.00 bits per heavy atom. The molecule has 1 unspecified atom stereocenters. The maximum Gasteiger partial charge on any atom is 0.317 e. The lowest BCUT2D eigenvalue weighted by atomic mass is 9.97. The number of carbonyl (C=O) groups is 1. The number of ether oxygens (including phenoxy) is 2. The average Bonchev–Trinajstić information content (AvgIpc) is 3.27. The minimum atomic E-state index is -0.650. The smallest absolute Gasteiger partial charge is 0.317 e. The Labute approximate surface area is 156 Å². The second kappa shape index (κ2) is 6.64. The van der Waals surface area contributed by atoms with Crippen LogP contribution in [-0.4, -0.2) is 40.9 Å². The van der Waals surface area contributed by atoms with Gasteiger partial charge in [-0.15, -0.1) is 0 Å². The van der Waals surface area contributed by atoms with E-state index in [4.69, 9.17) is 20.2 Å². The molecule has 0 aromatic carbocycles. The Balaban J connectivity index is 1.82. The molecule has 3 aromatic rings. The van der Waals surface area contributed by atoms with Gasteiger partial charge < -0.3 is 19.8 Å². The highest BCUT2D eigenvalue weighted by molar-refractivity contribution is 5.98. The minimum absolute atomic E-state index is 0.399. The van der Waals surface area contributed by atoms with Crippen molar-refractivity contribution in [1.29, 1.82) is 0 Å². The van der Waals surface area contributed by atoms with Crippen LogP contribution in [0.5, 0.6) is 0 Å². The molecule has 1 saturated heterocycles. The SMILES string of the molecule is COC1(c2cccc(-c3cn(C)c4cnc(NC(N)=O)cc34)n2)CCOC1. The number of anilines is 1. The molecule has 0 bridgehead atoms. The molecule has 0 spiro atoms. The predicted molar refractivity (Wildman–Crippen MR) is 101 cm³/mol. The van der Waals surface area contributed by atoms with E-state index in [2.05, 4.69) is 10.3 Å². The van der Waals surface area contributed by atoms with E-state index in [1.165, 1.54) is 0 Å². The summed E-state index contributed by atoms with van der Waals surface area (Å²) in [5.74, 6) is 0.399. The minimum Gasteiger partial charge on any atom is -0.378 e. The molecule has 1 aliphatic rings. The van der Waals surface area contributed by atoms with Gasteiger partial charge in [-0.2, -0.15) is 0 Å². The number of nitrogens with two attached hydrogens (primary N) is 1. The van der Waals surface area contributed by atoms with Gasteiger partial charge in [0.2, 0.25) is 0 Å². The number of hydrogen-bond donors (Lipinski definition) is 2. The van der Waals surface area contributed by atoms with Crippen LogP contribution in [0.4, 0.5) is 10.6 Å². The number of nitrogens with one attached hydrogen (secondary N) is 1. The van der Waals surface area contributed by atoms with Crippen molar-refractivity contribution in [1.82, 2.24) is 14.5 Å². The number of fused-ring (bicyclic) bond motifs is 1. The molecular formula is C19H21N5O3. The largest absolute Gasteiger partial charge is 0.378 e. The molecule has 8 heteroatoms.